The summed E-state index contributed by atoms with van der Waals surface area (Å²) in [6, 6.07) is 5.80. The Hall–Kier alpha value is -1.62. The van der Waals surface area contributed by atoms with Crippen LogP contribution < -0.4 is 10.5 Å². The lowest BCUT2D eigenvalue weighted by molar-refractivity contribution is 0.341. The van der Waals surface area contributed by atoms with E-state index in [-0.39, 0.29) is 0 Å². The average molecular weight is 249 g/mol. The van der Waals surface area contributed by atoms with E-state index < -0.39 is 0 Å². The molecule has 0 atom stereocenters. The number of anilines is 1. The van der Waals surface area contributed by atoms with Gasteiger partial charge in [-0.15, -0.1) is 0 Å². The number of aromatic nitrogens is 2. The first-order valence-corrected chi connectivity index (χ1v) is 6.19. The third-order valence-corrected chi connectivity index (χ3v) is 3.14. The quantitative estimate of drug-likeness (QED) is 0.846. The Morgan fingerprint density at radius 3 is 2.88 bits per heavy atom. The SMILES string of the molecule is CCOc1cc(Sc2cnn(C)c2)ccc1N. The highest BCUT2D eigenvalue weighted by Gasteiger charge is 2.04. The highest BCUT2D eigenvalue weighted by Crippen LogP contribution is 2.32. The van der Waals surface area contributed by atoms with Gasteiger partial charge in [0.25, 0.3) is 0 Å². The molecule has 0 aliphatic carbocycles. The van der Waals surface area contributed by atoms with Gasteiger partial charge in [-0.3, -0.25) is 4.68 Å². The first-order chi connectivity index (χ1) is 8.19. The predicted octanol–water partition coefficient (Wildman–Crippen LogP) is 2.55. The zero-order chi connectivity index (χ0) is 12.3. The number of ether oxygens (including phenoxy) is 1. The van der Waals surface area contributed by atoms with Crippen LogP contribution in [0.15, 0.2) is 40.4 Å². The van der Waals surface area contributed by atoms with Crippen LogP contribution in [0.1, 0.15) is 6.92 Å². The zero-order valence-electron chi connectivity index (χ0n) is 9.88. The van der Waals surface area contributed by atoms with Crippen molar-refractivity contribution in [1.82, 2.24) is 9.78 Å². The molecule has 0 aliphatic rings. The molecule has 0 unspecified atom stereocenters. The van der Waals surface area contributed by atoms with Crippen molar-refractivity contribution >= 4 is 17.4 Å². The van der Waals surface area contributed by atoms with Gasteiger partial charge >= 0.3 is 0 Å². The van der Waals surface area contributed by atoms with Crippen LogP contribution in [0.4, 0.5) is 5.69 Å². The van der Waals surface area contributed by atoms with Gasteiger partial charge in [0.2, 0.25) is 0 Å². The van der Waals surface area contributed by atoms with Crippen LogP contribution in [0.3, 0.4) is 0 Å². The van der Waals surface area contributed by atoms with Crippen LogP contribution in [0.5, 0.6) is 5.75 Å². The second kappa shape index (κ2) is 5.14. The molecule has 0 aliphatic heterocycles. The molecule has 0 bridgehead atoms. The van der Waals surface area contributed by atoms with E-state index in [1.165, 1.54) is 0 Å². The largest absolute Gasteiger partial charge is 0.492 e. The standard InChI is InChI=1S/C12H15N3OS/c1-3-16-12-6-9(4-5-11(12)13)17-10-7-14-15(2)8-10/h4-8H,3,13H2,1-2H3. The van der Waals surface area contributed by atoms with Crippen molar-refractivity contribution in [3.05, 3.63) is 30.6 Å². The van der Waals surface area contributed by atoms with Crippen molar-refractivity contribution in [1.29, 1.82) is 0 Å². The Bertz CT molecular complexity index is 510. The molecule has 1 heterocycles. The van der Waals surface area contributed by atoms with Crippen molar-refractivity contribution < 1.29 is 4.74 Å². The van der Waals surface area contributed by atoms with Crippen molar-refractivity contribution in [3.63, 3.8) is 0 Å². The predicted molar refractivity (Wildman–Crippen MR) is 69.4 cm³/mol. The van der Waals surface area contributed by atoms with E-state index >= 15 is 0 Å². The molecule has 0 fully saturated rings. The summed E-state index contributed by atoms with van der Waals surface area (Å²) in [5.74, 6) is 0.737. The van der Waals surface area contributed by atoms with Gasteiger partial charge in [-0.2, -0.15) is 5.10 Å². The first-order valence-electron chi connectivity index (χ1n) is 5.38. The highest BCUT2D eigenvalue weighted by molar-refractivity contribution is 7.99. The van der Waals surface area contributed by atoms with Gasteiger partial charge in [0.15, 0.2) is 0 Å². The molecule has 1 aromatic carbocycles. The molecule has 2 N–H and O–H groups in total. The Balaban J connectivity index is 2.18. The summed E-state index contributed by atoms with van der Waals surface area (Å²) in [5, 5.41) is 4.13. The van der Waals surface area contributed by atoms with E-state index in [1.807, 2.05) is 44.6 Å². The maximum Gasteiger partial charge on any atom is 0.143 e. The smallest absolute Gasteiger partial charge is 0.143 e. The number of hydrogen-bond acceptors (Lipinski definition) is 4. The molecule has 0 amide bonds. The fourth-order valence-corrected chi connectivity index (χ4v) is 2.33. The maximum absolute atomic E-state index is 5.82. The van der Waals surface area contributed by atoms with Gasteiger partial charge in [0, 0.05) is 18.1 Å². The van der Waals surface area contributed by atoms with Crippen molar-refractivity contribution in [2.45, 2.75) is 16.7 Å². The monoisotopic (exact) mass is 249 g/mol. The molecule has 0 radical (unpaired) electrons. The Kier molecular flexibility index (Phi) is 3.58. The molecule has 0 saturated carbocycles. The minimum absolute atomic E-state index is 0.616. The Morgan fingerprint density at radius 1 is 1.41 bits per heavy atom. The fourth-order valence-electron chi connectivity index (χ4n) is 1.45. The van der Waals surface area contributed by atoms with Crippen LogP contribution in [0, 0.1) is 0 Å². The molecule has 90 valence electrons. The second-order valence-corrected chi connectivity index (χ2v) is 4.73. The van der Waals surface area contributed by atoms with Gasteiger partial charge < -0.3 is 10.5 Å². The van der Waals surface area contributed by atoms with Gasteiger partial charge in [-0.1, -0.05) is 11.8 Å². The molecule has 2 aromatic rings. The third kappa shape index (κ3) is 2.94. The number of nitrogens with two attached hydrogens (primary N) is 1. The first kappa shape index (κ1) is 11.9. The summed E-state index contributed by atoms with van der Waals surface area (Å²) < 4.78 is 7.24. The number of nitrogen functional groups attached to an aromatic ring is 1. The second-order valence-electron chi connectivity index (χ2n) is 3.58. The van der Waals surface area contributed by atoms with Crippen molar-refractivity contribution in [3.8, 4) is 5.75 Å². The van der Waals surface area contributed by atoms with Crippen LogP contribution >= 0.6 is 11.8 Å². The van der Waals surface area contributed by atoms with E-state index in [4.69, 9.17) is 10.5 Å². The Labute approximate surface area is 105 Å². The molecule has 0 saturated heterocycles. The summed E-state index contributed by atoms with van der Waals surface area (Å²) in [5.41, 5.74) is 6.49. The minimum atomic E-state index is 0.616. The number of nitrogens with zero attached hydrogens (tertiary/aromatic N) is 2. The summed E-state index contributed by atoms with van der Waals surface area (Å²) in [6.07, 6.45) is 3.81. The summed E-state index contributed by atoms with van der Waals surface area (Å²) in [7, 11) is 1.90. The fraction of sp³-hybridized carbons (Fsp3) is 0.250. The van der Waals surface area contributed by atoms with Crippen LogP contribution in [0.2, 0.25) is 0 Å². The molecule has 1 aromatic heterocycles. The Morgan fingerprint density at radius 2 is 2.24 bits per heavy atom. The number of hydrogen-bond donors (Lipinski definition) is 1. The lowest BCUT2D eigenvalue weighted by Gasteiger charge is -2.08. The van der Waals surface area contributed by atoms with Crippen LogP contribution in [-0.4, -0.2) is 16.4 Å². The normalized spacial score (nSPS) is 10.5. The number of aryl methyl sites for hydroxylation is 1. The van der Waals surface area contributed by atoms with Crippen molar-refractivity contribution in [2.75, 3.05) is 12.3 Å². The molecule has 5 heteroatoms. The summed E-state index contributed by atoms with van der Waals surface area (Å²) in [4.78, 5) is 2.19. The van der Waals surface area contributed by atoms with E-state index in [0.717, 1.165) is 15.5 Å². The lowest BCUT2D eigenvalue weighted by Crippen LogP contribution is -1.96. The minimum Gasteiger partial charge on any atom is -0.492 e. The summed E-state index contributed by atoms with van der Waals surface area (Å²) in [6.45, 7) is 2.56. The maximum atomic E-state index is 5.82. The van der Waals surface area contributed by atoms with E-state index in [0.29, 0.717) is 12.3 Å². The van der Waals surface area contributed by atoms with Gasteiger partial charge in [0.1, 0.15) is 5.75 Å². The highest BCUT2D eigenvalue weighted by atomic mass is 32.2. The lowest BCUT2D eigenvalue weighted by atomic mass is 10.3. The van der Waals surface area contributed by atoms with Gasteiger partial charge in [0.05, 0.1) is 23.4 Å². The third-order valence-electron chi connectivity index (χ3n) is 2.20. The molecular formula is C12H15N3OS. The van der Waals surface area contributed by atoms with Crippen LogP contribution in [0.25, 0.3) is 0 Å². The molecule has 2 rings (SSSR count). The van der Waals surface area contributed by atoms with Crippen molar-refractivity contribution in [2.24, 2.45) is 7.05 Å². The van der Waals surface area contributed by atoms with E-state index in [1.54, 1.807) is 16.4 Å². The van der Waals surface area contributed by atoms with E-state index in [9.17, 15) is 0 Å². The number of benzene rings is 1. The molecule has 17 heavy (non-hydrogen) atoms. The topological polar surface area (TPSA) is 53.1 Å². The molecule has 4 nitrogen and oxygen atoms in total. The zero-order valence-corrected chi connectivity index (χ0v) is 10.7. The number of rotatable bonds is 4. The summed E-state index contributed by atoms with van der Waals surface area (Å²) >= 11 is 1.64. The molecular weight excluding hydrogens is 234 g/mol. The van der Waals surface area contributed by atoms with Crippen LogP contribution in [-0.2, 0) is 7.05 Å². The van der Waals surface area contributed by atoms with Gasteiger partial charge in [-0.25, -0.2) is 0 Å². The average Bonchev–Trinajstić information content (AvgIpc) is 2.69. The molecule has 0 spiro atoms. The van der Waals surface area contributed by atoms with E-state index in [2.05, 4.69) is 5.10 Å². The van der Waals surface area contributed by atoms with Gasteiger partial charge in [-0.05, 0) is 25.1 Å².